The Morgan fingerprint density at radius 2 is 2.38 bits per heavy atom. The van der Waals surface area contributed by atoms with Gasteiger partial charge in [0, 0.05) is 6.54 Å². The van der Waals surface area contributed by atoms with E-state index in [0.29, 0.717) is 11.7 Å². The second-order valence-corrected chi connectivity index (χ2v) is 2.96. The maximum atomic E-state index is 4.16. The molecule has 0 N–H and O–H groups in total. The van der Waals surface area contributed by atoms with Gasteiger partial charge in [0.25, 0.3) is 0 Å². The molecule has 13 heavy (non-hydrogen) atoms. The zero-order valence-corrected chi connectivity index (χ0v) is 7.78. The van der Waals surface area contributed by atoms with Gasteiger partial charge in [0.2, 0.25) is 0 Å². The van der Waals surface area contributed by atoms with E-state index in [1.807, 2.05) is 4.57 Å². The van der Waals surface area contributed by atoms with Crippen molar-refractivity contribution in [3.8, 4) is 0 Å². The topological polar surface area (TPSA) is 43.6 Å². The molecule has 0 aliphatic rings. The Labute approximate surface area is 80.8 Å². The zero-order valence-electron chi connectivity index (χ0n) is 6.88. The Kier molecular flexibility index (Phi) is 2.02. The molecular formula is C8H8N4S. The first-order valence-electron chi connectivity index (χ1n) is 3.79. The van der Waals surface area contributed by atoms with Crippen LogP contribution in [0.2, 0.25) is 0 Å². The van der Waals surface area contributed by atoms with Crippen LogP contribution in [-0.4, -0.2) is 19.5 Å². The largest absolute Gasteiger partial charge is 0.311 e. The highest BCUT2D eigenvalue weighted by Crippen LogP contribution is 2.10. The van der Waals surface area contributed by atoms with Gasteiger partial charge in [-0.1, -0.05) is 6.08 Å². The highest BCUT2D eigenvalue weighted by atomic mass is 32.1. The first-order valence-corrected chi connectivity index (χ1v) is 4.23. The van der Waals surface area contributed by atoms with Crippen molar-refractivity contribution >= 4 is 23.8 Å². The molecule has 0 unspecified atom stereocenters. The highest BCUT2D eigenvalue weighted by Gasteiger charge is 2.02. The molecule has 2 aromatic heterocycles. The normalized spacial score (nSPS) is 10.5. The Bertz CT molecular complexity index is 448. The summed E-state index contributed by atoms with van der Waals surface area (Å²) in [7, 11) is 0. The summed E-state index contributed by atoms with van der Waals surface area (Å²) in [5.41, 5.74) is 1.57. The molecule has 0 aliphatic carbocycles. The van der Waals surface area contributed by atoms with Gasteiger partial charge in [-0.25, -0.2) is 15.0 Å². The molecule has 0 aromatic carbocycles. The number of rotatable bonds is 2. The standard InChI is InChI=1S/C8H8N4S/c1-2-3-12-5-10-6-4-9-8(13)11-7(6)12/h2,4-5H,1,3H2,(H,9,11,13). The molecule has 0 radical (unpaired) electrons. The van der Waals surface area contributed by atoms with Crippen molar-refractivity contribution in [1.29, 1.82) is 0 Å². The van der Waals surface area contributed by atoms with Crippen molar-refractivity contribution < 1.29 is 0 Å². The minimum absolute atomic E-state index is 0.457. The van der Waals surface area contributed by atoms with Gasteiger partial charge in [0.05, 0.1) is 12.5 Å². The van der Waals surface area contributed by atoms with Crippen LogP contribution in [0, 0.1) is 0 Å². The van der Waals surface area contributed by atoms with Crippen molar-refractivity contribution in [1.82, 2.24) is 19.5 Å². The zero-order chi connectivity index (χ0) is 9.26. The number of fused-ring (bicyclic) bond motifs is 1. The molecular weight excluding hydrogens is 184 g/mol. The van der Waals surface area contributed by atoms with E-state index in [4.69, 9.17) is 0 Å². The maximum absolute atomic E-state index is 4.16. The molecule has 0 atom stereocenters. The molecule has 4 nitrogen and oxygen atoms in total. The summed E-state index contributed by atoms with van der Waals surface area (Å²) in [6, 6.07) is 0. The predicted molar refractivity (Wildman–Crippen MR) is 52.8 cm³/mol. The van der Waals surface area contributed by atoms with Crippen LogP contribution in [0.4, 0.5) is 0 Å². The summed E-state index contributed by atoms with van der Waals surface area (Å²) < 4.78 is 1.89. The second kappa shape index (κ2) is 3.18. The molecule has 5 heteroatoms. The van der Waals surface area contributed by atoms with Gasteiger partial charge in [-0.15, -0.1) is 19.2 Å². The van der Waals surface area contributed by atoms with E-state index in [9.17, 15) is 0 Å². The van der Waals surface area contributed by atoms with Crippen molar-refractivity contribution in [2.45, 2.75) is 11.7 Å². The quantitative estimate of drug-likeness (QED) is 0.443. The molecule has 0 spiro atoms. The lowest BCUT2D eigenvalue weighted by Gasteiger charge is -1.97. The second-order valence-electron chi connectivity index (χ2n) is 2.56. The van der Waals surface area contributed by atoms with Crippen LogP contribution in [0.1, 0.15) is 0 Å². The highest BCUT2D eigenvalue weighted by molar-refractivity contribution is 7.80. The van der Waals surface area contributed by atoms with E-state index in [1.54, 1.807) is 18.6 Å². The molecule has 0 bridgehead atoms. The van der Waals surface area contributed by atoms with E-state index >= 15 is 0 Å². The Morgan fingerprint density at radius 3 is 3.15 bits per heavy atom. The third-order valence-electron chi connectivity index (χ3n) is 1.67. The molecule has 2 rings (SSSR count). The molecule has 66 valence electrons. The van der Waals surface area contributed by atoms with Gasteiger partial charge in [0.1, 0.15) is 5.52 Å². The average Bonchev–Trinajstić information content (AvgIpc) is 2.49. The summed E-state index contributed by atoms with van der Waals surface area (Å²) in [6.45, 7) is 4.35. The van der Waals surface area contributed by atoms with Crippen LogP contribution in [0.25, 0.3) is 11.2 Å². The molecule has 0 saturated heterocycles. The number of aromatic nitrogens is 4. The molecule has 0 saturated carbocycles. The molecule has 0 aliphatic heterocycles. The predicted octanol–water partition coefficient (Wildman–Crippen LogP) is 1.30. The number of hydrogen-bond acceptors (Lipinski definition) is 4. The van der Waals surface area contributed by atoms with Gasteiger partial charge in [-0.05, 0) is 0 Å². The van der Waals surface area contributed by atoms with E-state index < -0.39 is 0 Å². The average molecular weight is 192 g/mol. The van der Waals surface area contributed by atoms with Gasteiger partial charge >= 0.3 is 0 Å². The van der Waals surface area contributed by atoms with Crippen LogP contribution in [-0.2, 0) is 6.54 Å². The van der Waals surface area contributed by atoms with Crippen molar-refractivity contribution in [3.63, 3.8) is 0 Å². The summed E-state index contributed by atoms with van der Waals surface area (Å²) in [6.07, 6.45) is 5.17. The first-order chi connectivity index (χ1) is 6.31. The van der Waals surface area contributed by atoms with Crippen molar-refractivity contribution in [3.05, 3.63) is 25.2 Å². The summed E-state index contributed by atoms with van der Waals surface area (Å²) in [4.78, 5) is 12.2. The van der Waals surface area contributed by atoms with Crippen molar-refractivity contribution in [2.24, 2.45) is 0 Å². The third kappa shape index (κ3) is 1.42. The van der Waals surface area contributed by atoms with E-state index in [-0.39, 0.29) is 0 Å². The van der Waals surface area contributed by atoms with Gasteiger partial charge in [-0.3, -0.25) is 0 Å². The lowest BCUT2D eigenvalue weighted by molar-refractivity contribution is 0.827. The lowest BCUT2D eigenvalue weighted by Crippen LogP contribution is -1.95. The molecule has 0 fully saturated rings. The first kappa shape index (κ1) is 8.25. The third-order valence-corrected chi connectivity index (χ3v) is 1.89. The Hall–Kier alpha value is -1.36. The van der Waals surface area contributed by atoms with E-state index in [2.05, 4.69) is 34.2 Å². The fourth-order valence-corrected chi connectivity index (χ4v) is 1.27. The van der Waals surface area contributed by atoms with E-state index in [0.717, 1.165) is 11.2 Å². The summed E-state index contributed by atoms with van der Waals surface area (Å²) in [5.74, 6) is 0. The van der Waals surface area contributed by atoms with Crippen LogP contribution in [0.15, 0.2) is 30.3 Å². The minimum Gasteiger partial charge on any atom is -0.311 e. The Morgan fingerprint density at radius 1 is 1.54 bits per heavy atom. The maximum Gasteiger partial charge on any atom is 0.186 e. The van der Waals surface area contributed by atoms with Crippen molar-refractivity contribution in [2.75, 3.05) is 0 Å². The number of imidazole rings is 1. The SMILES string of the molecule is C=CCn1cnc2cnc(S)nc21. The molecule has 2 heterocycles. The van der Waals surface area contributed by atoms with E-state index in [1.165, 1.54) is 0 Å². The summed E-state index contributed by atoms with van der Waals surface area (Å²) in [5, 5.41) is 0.457. The molecule has 0 amide bonds. The smallest absolute Gasteiger partial charge is 0.186 e. The number of allylic oxidation sites excluding steroid dienone is 1. The van der Waals surface area contributed by atoms with Gasteiger partial charge in [-0.2, -0.15) is 0 Å². The lowest BCUT2D eigenvalue weighted by atomic mass is 10.5. The Balaban J connectivity index is 2.64. The minimum atomic E-state index is 0.457. The molecule has 2 aromatic rings. The number of nitrogens with zero attached hydrogens (tertiary/aromatic N) is 4. The van der Waals surface area contributed by atoms with Gasteiger partial charge in [0.15, 0.2) is 10.8 Å². The van der Waals surface area contributed by atoms with Crippen LogP contribution in [0.3, 0.4) is 0 Å². The monoisotopic (exact) mass is 192 g/mol. The number of thiol groups is 1. The van der Waals surface area contributed by atoms with Gasteiger partial charge < -0.3 is 4.57 Å². The number of hydrogen-bond donors (Lipinski definition) is 1. The van der Waals surface area contributed by atoms with Crippen LogP contribution in [0.5, 0.6) is 0 Å². The van der Waals surface area contributed by atoms with Crippen LogP contribution < -0.4 is 0 Å². The van der Waals surface area contributed by atoms with Crippen LogP contribution >= 0.6 is 12.6 Å². The fraction of sp³-hybridized carbons (Fsp3) is 0.125. The fourth-order valence-electron chi connectivity index (χ4n) is 1.12. The summed E-state index contributed by atoms with van der Waals surface area (Å²) >= 11 is 4.06.